The molecule has 1 aliphatic rings. The second kappa shape index (κ2) is 13.9. The van der Waals surface area contributed by atoms with Gasteiger partial charge < -0.3 is 4.74 Å². The van der Waals surface area contributed by atoms with Gasteiger partial charge in [0.1, 0.15) is 5.75 Å². The van der Waals surface area contributed by atoms with E-state index in [2.05, 4.69) is 51.1 Å². The summed E-state index contributed by atoms with van der Waals surface area (Å²) in [4.78, 5) is 0. The van der Waals surface area contributed by atoms with Gasteiger partial charge in [0.15, 0.2) is 0 Å². The zero-order valence-corrected chi connectivity index (χ0v) is 18.8. The Kier molecular flexibility index (Phi) is 11.4. The van der Waals surface area contributed by atoms with Gasteiger partial charge in [0.2, 0.25) is 0 Å². The van der Waals surface area contributed by atoms with Crippen LogP contribution in [0.5, 0.6) is 5.75 Å². The van der Waals surface area contributed by atoms with Crippen molar-refractivity contribution in [3.63, 3.8) is 0 Å². The molecule has 0 spiro atoms. The third-order valence-corrected chi connectivity index (χ3v) is 6.35. The molecule has 2 atom stereocenters. The summed E-state index contributed by atoms with van der Waals surface area (Å²) in [5, 5.41) is 0. The van der Waals surface area contributed by atoms with Crippen LogP contribution in [0.25, 0.3) is 0 Å². The highest BCUT2D eigenvalue weighted by Crippen LogP contribution is 2.39. The van der Waals surface area contributed by atoms with E-state index in [0.29, 0.717) is 5.92 Å². The van der Waals surface area contributed by atoms with Crippen LogP contribution in [0.3, 0.4) is 0 Å². The molecule has 28 heavy (non-hydrogen) atoms. The molecule has 0 amide bonds. The molecule has 1 heteroatoms. The maximum atomic E-state index is 5.95. The second-order valence-corrected chi connectivity index (χ2v) is 8.73. The van der Waals surface area contributed by atoms with Crippen molar-refractivity contribution in [1.82, 2.24) is 0 Å². The fourth-order valence-electron chi connectivity index (χ4n) is 4.67. The van der Waals surface area contributed by atoms with Gasteiger partial charge in [-0.15, -0.1) is 0 Å². The van der Waals surface area contributed by atoms with Crippen molar-refractivity contribution in [2.45, 2.75) is 110 Å². The highest BCUT2D eigenvalue weighted by molar-refractivity contribution is 5.31. The van der Waals surface area contributed by atoms with Gasteiger partial charge in [-0.1, -0.05) is 83.1 Å². The van der Waals surface area contributed by atoms with E-state index in [1.807, 2.05) is 0 Å². The molecule has 0 aromatic heterocycles. The van der Waals surface area contributed by atoms with Crippen LogP contribution in [0.2, 0.25) is 0 Å². The quantitative estimate of drug-likeness (QED) is 0.230. The molecule has 0 heterocycles. The molecule has 0 saturated heterocycles. The number of hydrogen-bond acceptors (Lipinski definition) is 1. The lowest BCUT2D eigenvalue weighted by atomic mass is 9.75. The van der Waals surface area contributed by atoms with E-state index in [1.165, 1.54) is 82.6 Å². The van der Waals surface area contributed by atoms with E-state index in [9.17, 15) is 0 Å². The molecule has 1 aromatic carbocycles. The summed E-state index contributed by atoms with van der Waals surface area (Å²) >= 11 is 0. The largest absolute Gasteiger partial charge is 0.494 e. The summed E-state index contributed by atoms with van der Waals surface area (Å²) in [5.74, 6) is 2.52. The van der Waals surface area contributed by atoms with Gasteiger partial charge >= 0.3 is 0 Å². The fraction of sp³-hybridized carbons (Fsp3) is 0.704. The minimum Gasteiger partial charge on any atom is -0.494 e. The van der Waals surface area contributed by atoms with Crippen molar-refractivity contribution < 1.29 is 4.74 Å². The average molecular weight is 385 g/mol. The van der Waals surface area contributed by atoms with Crippen molar-refractivity contribution in [2.75, 3.05) is 6.61 Å². The molecule has 1 aromatic rings. The lowest BCUT2D eigenvalue weighted by Gasteiger charge is -2.30. The van der Waals surface area contributed by atoms with Crippen LogP contribution in [0.4, 0.5) is 0 Å². The fourth-order valence-corrected chi connectivity index (χ4v) is 4.67. The van der Waals surface area contributed by atoms with Crippen molar-refractivity contribution in [2.24, 2.45) is 5.92 Å². The van der Waals surface area contributed by atoms with Crippen LogP contribution < -0.4 is 4.74 Å². The number of hydrogen-bond donors (Lipinski definition) is 0. The van der Waals surface area contributed by atoms with Crippen LogP contribution in [0.1, 0.15) is 116 Å². The Morgan fingerprint density at radius 1 is 0.857 bits per heavy atom. The van der Waals surface area contributed by atoms with Gasteiger partial charge in [0, 0.05) is 0 Å². The molecule has 0 aliphatic heterocycles. The van der Waals surface area contributed by atoms with Gasteiger partial charge in [-0.2, -0.15) is 0 Å². The number of ether oxygens (including phenoxy) is 1. The van der Waals surface area contributed by atoms with Crippen molar-refractivity contribution in [3.8, 4) is 5.75 Å². The molecular weight excluding hydrogens is 340 g/mol. The maximum absolute atomic E-state index is 5.95. The second-order valence-electron chi connectivity index (χ2n) is 8.73. The molecule has 1 nitrogen and oxygen atoms in total. The summed E-state index contributed by atoms with van der Waals surface area (Å²) in [6.07, 6.45) is 19.5. The lowest BCUT2D eigenvalue weighted by Crippen LogP contribution is -2.15. The van der Waals surface area contributed by atoms with Crippen LogP contribution in [0, 0.1) is 5.92 Å². The van der Waals surface area contributed by atoms with Crippen molar-refractivity contribution in [3.05, 3.63) is 41.5 Å². The third kappa shape index (κ3) is 8.02. The number of unbranched alkanes of at least 4 members (excludes halogenated alkanes) is 3. The molecule has 2 rings (SSSR count). The summed E-state index contributed by atoms with van der Waals surface area (Å²) in [7, 11) is 0. The Balaban J connectivity index is 2.10. The first kappa shape index (κ1) is 23.0. The number of benzene rings is 1. The molecule has 1 aliphatic carbocycles. The first-order chi connectivity index (χ1) is 13.8. The molecule has 0 N–H and O–H groups in total. The summed E-state index contributed by atoms with van der Waals surface area (Å²) in [6.45, 7) is 7.76. The lowest BCUT2D eigenvalue weighted by molar-refractivity contribution is 0.305. The van der Waals surface area contributed by atoms with Gasteiger partial charge in [-0.25, -0.2) is 0 Å². The van der Waals surface area contributed by atoms with E-state index in [-0.39, 0.29) is 0 Å². The van der Waals surface area contributed by atoms with Crippen LogP contribution in [-0.2, 0) is 0 Å². The highest BCUT2D eigenvalue weighted by atomic mass is 16.5. The van der Waals surface area contributed by atoms with E-state index in [1.54, 1.807) is 5.57 Å². The molecule has 0 radical (unpaired) electrons. The van der Waals surface area contributed by atoms with Crippen molar-refractivity contribution >= 4 is 0 Å². The van der Waals surface area contributed by atoms with E-state index >= 15 is 0 Å². The van der Waals surface area contributed by atoms with Gasteiger partial charge in [-0.3, -0.25) is 0 Å². The molecule has 158 valence electrons. The van der Waals surface area contributed by atoms with Crippen LogP contribution in [0.15, 0.2) is 35.9 Å². The Bertz CT molecular complexity index is 542. The molecule has 0 saturated carbocycles. The van der Waals surface area contributed by atoms with Crippen LogP contribution >= 0.6 is 0 Å². The smallest absolute Gasteiger partial charge is 0.119 e. The summed E-state index contributed by atoms with van der Waals surface area (Å²) in [6, 6.07) is 9.15. The SMILES string of the molecule is CCCCCOc1ccc(C(CC2=CCCCC2)C(CCC)CCCC)cc1. The average Bonchev–Trinajstić information content (AvgIpc) is 2.74. The summed E-state index contributed by atoms with van der Waals surface area (Å²) < 4.78 is 5.95. The Labute approximate surface area is 175 Å². The first-order valence-electron chi connectivity index (χ1n) is 12.2. The van der Waals surface area contributed by atoms with E-state index in [0.717, 1.165) is 24.7 Å². The summed E-state index contributed by atoms with van der Waals surface area (Å²) in [5.41, 5.74) is 3.25. The standard InChI is InChI=1S/C27H44O/c1-4-7-12-21-28-26-19-17-25(18-20-26)27(22-23-14-10-9-11-15-23)24(13-6-3)16-8-5-2/h14,17-20,24,27H,4-13,15-16,21-22H2,1-3H3. The van der Waals surface area contributed by atoms with Gasteiger partial charge in [0.05, 0.1) is 6.61 Å². The van der Waals surface area contributed by atoms with E-state index in [4.69, 9.17) is 4.74 Å². The normalized spacial score (nSPS) is 16.5. The zero-order chi connectivity index (χ0) is 20.0. The van der Waals surface area contributed by atoms with Gasteiger partial charge in [0.25, 0.3) is 0 Å². The third-order valence-electron chi connectivity index (χ3n) is 6.35. The predicted octanol–water partition coefficient (Wildman–Crippen LogP) is 8.84. The van der Waals surface area contributed by atoms with Crippen LogP contribution in [-0.4, -0.2) is 6.61 Å². The molecule has 0 bridgehead atoms. The maximum Gasteiger partial charge on any atom is 0.119 e. The Morgan fingerprint density at radius 2 is 1.64 bits per heavy atom. The molecule has 2 unspecified atom stereocenters. The van der Waals surface area contributed by atoms with Crippen molar-refractivity contribution in [1.29, 1.82) is 0 Å². The number of rotatable bonds is 14. The monoisotopic (exact) mass is 384 g/mol. The first-order valence-corrected chi connectivity index (χ1v) is 12.2. The molecular formula is C27H44O. The zero-order valence-electron chi connectivity index (χ0n) is 18.8. The van der Waals surface area contributed by atoms with Gasteiger partial charge in [-0.05, 0) is 74.5 Å². The highest BCUT2D eigenvalue weighted by Gasteiger charge is 2.24. The number of allylic oxidation sites excluding steroid dienone is 2. The Hall–Kier alpha value is -1.24. The minimum atomic E-state index is 0.671. The van der Waals surface area contributed by atoms with E-state index < -0.39 is 0 Å². The molecule has 0 fully saturated rings. The Morgan fingerprint density at radius 3 is 2.29 bits per heavy atom. The minimum absolute atomic E-state index is 0.671. The topological polar surface area (TPSA) is 9.23 Å². The predicted molar refractivity (Wildman–Crippen MR) is 123 cm³/mol.